The van der Waals surface area contributed by atoms with Gasteiger partial charge < -0.3 is 10.6 Å². The molecule has 0 aliphatic carbocycles. The summed E-state index contributed by atoms with van der Waals surface area (Å²) in [5.74, 6) is 0.801. The zero-order chi connectivity index (χ0) is 14.8. The first-order valence-corrected chi connectivity index (χ1v) is 7.77. The van der Waals surface area contributed by atoms with E-state index < -0.39 is 0 Å². The van der Waals surface area contributed by atoms with Gasteiger partial charge in [0.05, 0.1) is 17.3 Å². The first-order valence-electron chi connectivity index (χ1n) is 6.97. The highest BCUT2D eigenvalue weighted by molar-refractivity contribution is 9.10. The zero-order valence-corrected chi connectivity index (χ0v) is 14.6. The van der Waals surface area contributed by atoms with Gasteiger partial charge in [-0.2, -0.15) is 5.10 Å². The molecular weight excluding hydrogens is 368 g/mol. The Hall–Kier alpha value is -1.37. The van der Waals surface area contributed by atoms with E-state index in [1.807, 2.05) is 37.3 Å². The minimum absolute atomic E-state index is 0. The van der Waals surface area contributed by atoms with Gasteiger partial charge in [0.2, 0.25) is 5.91 Å². The molecule has 2 heterocycles. The number of amides is 1. The highest BCUT2D eigenvalue weighted by Crippen LogP contribution is 2.21. The number of halogens is 2. The second kappa shape index (κ2) is 7.26. The average Bonchev–Trinajstić information content (AvgIpc) is 3.08. The van der Waals surface area contributed by atoms with Gasteiger partial charge in [-0.25, -0.2) is 4.68 Å². The highest BCUT2D eigenvalue weighted by atomic mass is 79.9. The number of hydrogen-bond donors (Lipinski definition) is 2. The molecule has 1 fully saturated rings. The quantitative estimate of drug-likeness (QED) is 0.854. The van der Waals surface area contributed by atoms with Crippen LogP contribution in [0.3, 0.4) is 0 Å². The molecule has 1 aliphatic rings. The molecule has 1 aromatic carbocycles. The van der Waals surface area contributed by atoms with Crippen LogP contribution in [0.2, 0.25) is 0 Å². The van der Waals surface area contributed by atoms with E-state index >= 15 is 0 Å². The number of anilines is 1. The molecule has 22 heavy (non-hydrogen) atoms. The number of aryl methyl sites for hydroxylation is 1. The molecule has 1 unspecified atom stereocenters. The third-order valence-corrected chi connectivity index (χ3v) is 4.06. The van der Waals surface area contributed by atoms with Gasteiger partial charge in [0, 0.05) is 17.1 Å². The van der Waals surface area contributed by atoms with Gasteiger partial charge in [0.1, 0.15) is 5.82 Å². The lowest BCUT2D eigenvalue weighted by Crippen LogP contribution is -2.25. The van der Waals surface area contributed by atoms with Crippen molar-refractivity contribution in [2.24, 2.45) is 5.92 Å². The molecule has 0 bridgehead atoms. The summed E-state index contributed by atoms with van der Waals surface area (Å²) in [6.07, 6.45) is 0.885. The summed E-state index contributed by atoms with van der Waals surface area (Å²) in [6, 6.07) is 9.73. The molecule has 7 heteroatoms. The van der Waals surface area contributed by atoms with Gasteiger partial charge in [0.25, 0.3) is 0 Å². The molecule has 1 amide bonds. The van der Waals surface area contributed by atoms with Crippen molar-refractivity contribution < 1.29 is 4.79 Å². The molecule has 1 atom stereocenters. The van der Waals surface area contributed by atoms with E-state index in [2.05, 4.69) is 31.7 Å². The van der Waals surface area contributed by atoms with Crippen LogP contribution in [0.25, 0.3) is 5.69 Å². The molecule has 3 rings (SSSR count). The molecule has 0 saturated carbocycles. The number of benzene rings is 1. The molecule has 1 saturated heterocycles. The molecule has 2 N–H and O–H groups in total. The Kier molecular flexibility index (Phi) is 5.61. The lowest BCUT2D eigenvalue weighted by Gasteiger charge is -2.12. The smallest absolute Gasteiger partial charge is 0.229 e. The predicted octanol–water partition coefficient (Wildman–Crippen LogP) is 2.91. The van der Waals surface area contributed by atoms with E-state index in [0.717, 1.165) is 35.4 Å². The van der Waals surface area contributed by atoms with E-state index in [0.29, 0.717) is 5.82 Å². The lowest BCUT2D eigenvalue weighted by atomic mass is 10.1. The lowest BCUT2D eigenvalue weighted by molar-refractivity contribution is -0.119. The van der Waals surface area contributed by atoms with Gasteiger partial charge in [-0.1, -0.05) is 22.0 Å². The number of carbonyl (C=O) groups is 1. The Morgan fingerprint density at radius 3 is 2.95 bits per heavy atom. The maximum atomic E-state index is 12.3. The number of hydrogen-bond acceptors (Lipinski definition) is 3. The number of rotatable bonds is 3. The van der Waals surface area contributed by atoms with Gasteiger partial charge in [0.15, 0.2) is 0 Å². The van der Waals surface area contributed by atoms with Crippen molar-refractivity contribution in [2.45, 2.75) is 13.3 Å². The summed E-state index contributed by atoms with van der Waals surface area (Å²) < 4.78 is 2.74. The Morgan fingerprint density at radius 1 is 1.45 bits per heavy atom. The fourth-order valence-corrected chi connectivity index (χ4v) is 2.89. The molecule has 1 aliphatic heterocycles. The largest absolute Gasteiger partial charge is 0.316 e. The second-order valence-corrected chi connectivity index (χ2v) is 6.16. The first kappa shape index (κ1) is 17.0. The monoisotopic (exact) mass is 384 g/mol. The van der Waals surface area contributed by atoms with E-state index in [1.165, 1.54) is 0 Å². The van der Waals surface area contributed by atoms with Crippen molar-refractivity contribution in [2.75, 3.05) is 18.4 Å². The van der Waals surface area contributed by atoms with Crippen molar-refractivity contribution >= 4 is 40.1 Å². The van der Waals surface area contributed by atoms with Crippen LogP contribution in [-0.4, -0.2) is 28.8 Å². The Labute approximate surface area is 144 Å². The zero-order valence-electron chi connectivity index (χ0n) is 12.2. The van der Waals surface area contributed by atoms with Crippen LogP contribution in [0, 0.1) is 12.8 Å². The number of nitrogens with one attached hydrogen (secondary N) is 2. The number of nitrogens with zero attached hydrogens (tertiary/aromatic N) is 2. The molecule has 0 spiro atoms. The molecule has 2 aromatic rings. The average molecular weight is 386 g/mol. The van der Waals surface area contributed by atoms with Crippen LogP contribution in [-0.2, 0) is 4.79 Å². The van der Waals surface area contributed by atoms with Crippen LogP contribution in [0.15, 0.2) is 34.8 Å². The normalized spacial score (nSPS) is 17.1. The molecule has 0 radical (unpaired) electrons. The molecular formula is C15H18BrClN4O. The van der Waals surface area contributed by atoms with Crippen molar-refractivity contribution in [1.29, 1.82) is 0 Å². The maximum absolute atomic E-state index is 12.3. The van der Waals surface area contributed by atoms with Gasteiger partial charge >= 0.3 is 0 Å². The van der Waals surface area contributed by atoms with Crippen molar-refractivity contribution in [1.82, 2.24) is 15.1 Å². The number of aromatic nitrogens is 2. The van der Waals surface area contributed by atoms with Gasteiger partial charge in [-0.3, -0.25) is 4.79 Å². The highest BCUT2D eigenvalue weighted by Gasteiger charge is 2.23. The van der Waals surface area contributed by atoms with E-state index in [-0.39, 0.29) is 24.2 Å². The minimum Gasteiger partial charge on any atom is -0.316 e. The number of carbonyl (C=O) groups excluding carboxylic acids is 1. The van der Waals surface area contributed by atoms with Crippen LogP contribution in [0.4, 0.5) is 5.82 Å². The van der Waals surface area contributed by atoms with Crippen LogP contribution < -0.4 is 10.6 Å². The Bertz CT molecular complexity index is 667. The van der Waals surface area contributed by atoms with Gasteiger partial charge in [-0.15, -0.1) is 12.4 Å². The standard InChI is InChI=1S/C15H17BrN4O.ClH/c1-10-7-14(18-15(21)11-5-6-17-9-11)20(19-10)13-4-2-3-12(16)8-13;/h2-4,7-8,11,17H,5-6,9H2,1H3,(H,18,21);1H. The van der Waals surface area contributed by atoms with Crippen molar-refractivity contribution in [3.8, 4) is 5.69 Å². The molecule has 1 aromatic heterocycles. The fourth-order valence-electron chi connectivity index (χ4n) is 2.50. The molecule has 118 valence electrons. The summed E-state index contributed by atoms with van der Waals surface area (Å²) in [5.41, 5.74) is 1.78. The summed E-state index contributed by atoms with van der Waals surface area (Å²) >= 11 is 3.46. The fraction of sp³-hybridized carbons (Fsp3) is 0.333. The second-order valence-electron chi connectivity index (χ2n) is 5.24. The van der Waals surface area contributed by atoms with Crippen LogP contribution >= 0.6 is 28.3 Å². The van der Waals surface area contributed by atoms with E-state index in [1.54, 1.807) is 4.68 Å². The Morgan fingerprint density at radius 2 is 2.27 bits per heavy atom. The van der Waals surface area contributed by atoms with Crippen LogP contribution in [0.1, 0.15) is 12.1 Å². The summed E-state index contributed by atoms with van der Waals surface area (Å²) in [7, 11) is 0. The maximum Gasteiger partial charge on any atom is 0.229 e. The van der Waals surface area contributed by atoms with E-state index in [9.17, 15) is 4.79 Å². The SMILES string of the molecule is Cc1cc(NC(=O)C2CCNC2)n(-c2cccc(Br)c2)n1.Cl. The summed E-state index contributed by atoms with van der Waals surface area (Å²) in [5, 5.41) is 10.7. The van der Waals surface area contributed by atoms with Gasteiger partial charge in [-0.05, 0) is 38.1 Å². The predicted molar refractivity (Wildman–Crippen MR) is 92.9 cm³/mol. The molecule has 5 nitrogen and oxygen atoms in total. The third-order valence-electron chi connectivity index (χ3n) is 3.57. The topological polar surface area (TPSA) is 59.0 Å². The summed E-state index contributed by atoms with van der Waals surface area (Å²) in [6.45, 7) is 3.57. The van der Waals surface area contributed by atoms with Crippen LogP contribution in [0.5, 0.6) is 0 Å². The van der Waals surface area contributed by atoms with E-state index in [4.69, 9.17) is 0 Å². The van der Waals surface area contributed by atoms with Crippen molar-refractivity contribution in [3.05, 3.63) is 40.5 Å². The first-order chi connectivity index (χ1) is 10.1. The minimum atomic E-state index is 0. The van der Waals surface area contributed by atoms with Crippen molar-refractivity contribution in [3.63, 3.8) is 0 Å². The third kappa shape index (κ3) is 3.69. The summed E-state index contributed by atoms with van der Waals surface area (Å²) in [4.78, 5) is 12.3. The Balaban J connectivity index is 0.00000176.